The van der Waals surface area contributed by atoms with Crippen LogP contribution in [0.4, 0.5) is 0 Å². The number of aliphatic hydroxyl groups is 10. The predicted molar refractivity (Wildman–Crippen MR) is 351 cm³/mol. The van der Waals surface area contributed by atoms with E-state index in [0.717, 1.165) is 116 Å². The first-order valence-electron chi connectivity index (χ1n) is 36.1. The zero-order valence-corrected chi connectivity index (χ0v) is 57.9. The van der Waals surface area contributed by atoms with Crippen molar-refractivity contribution in [3.05, 3.63) is 24.3 Å². The Balaban J connectivity index is 1.76. The minimum absolute atomic E-state index is 0.0244. The van der Waals surface area contributed by atoms with Crippen LogP contribution < -0.4 is 0 Å². The summed E-state index contributed by atoms with van der Waals surface area (Å²) >= 11 is 0. The number of carbonyl (C=O) groups is 3. The summed E-state index contributed by atoms with van der Waals surface area (Å²) in [5.41, 5.74) is 0. The highest BCUT2D eigenvalue weighted by molar-refractivity contribution is 7.47. The maximum absolute atomic E-state index is 14.3. The molecule has 0 aromatic heterocycles. The molecule has 3 aliphatic rings. The number of carbonyl (C=O) groups excluding carboxylic acids is 3. The van der Waals surface area contributed by atoms with Crippen LogP contribution >= 0.6 is 7.82 Å². The monoisotopic (exact) mass is 1370 g/mol. The van der Waals surface area contributed by atoms with Gasteiger partial charge in [0, 0.05) is 19.3 Å². The highest BCUT2D eigenvalue weighted by Crippen LogP contribution is 2.49. The third-order valence-electron chi connectivity index (χ3n) is 17.7. The van der Waals surface area contributed by atoms with Crippen LogP contribution in [0.15, 0.2) is 24.3 Å². The SMILES string of the molecule is CCCCCC/C=C\CCCCCCCCCC(=O)OC(COC(=O)CCCCC/C=C\CCCCCCCC)COP(=O)(O)OC1C(OC2OC(CO)C(O)C(O)C2O)C(O)C(O)C(O)C1OC1OC(COC(=O)CCCCCCCCCCCCC)C(O)C(O)C1O. The van der Waals surface area contributed by atoms with Crippen LogP contribution in [-0.2, 0) is 61.2 Å². The molecular formula is C69H125O24P. The van der Waals surface area contributed by atoms with Crippen LogP contribution in [0, 0.1) is 0 Å². The normalized spacial score (nSPS) is 28.4. The molecule has 0 aromatic rings. The van der Waals surface area contributed by atoms with E-state index in [-0.39, 0.29) is 19.3 Å². The van der Waals surface area contributed by atoms with Crippen molar-refractivity contribution in [2.24, 2.45) is 0 Å². The molecule has 94 heavy (non-hydrogen) atoms. The number of ether oxygens (including phenoxy) is 7. The Bertz CT molecular complexity index is 2050. The molecule has 24 nitrogen and oxygen atoms in total. The van der Waals surface area contributed by atoms with E-state index >= 15 is 0 Å². The average molecular weight is 1370 g/mol. The molecule has 2 saturated heterocycles. The van der Waals surface area contributed by atoms with Gasteiger partial charge in [-0.1, -0.05) is 199 Å². The number of hydrogen-bond donors (Lipinski definition) is 11. The summed E-state index contributed by atoms with van der Waals surface area (Å²) in [5, 5.41) is 110. The van der Waals surface area contributed by atoms with Gasteiger partial charge in [-0.3, -0.25) is 23.4 Å². The molecule has 0 bridgehead atoms. The molecule has 25 heteroatoms. The lowest BCUT2D eigenvalue weighted by molar-refractivity contribution is -0.360. The molecule has 0 aromatic carbocycles. The Morgan fingerprint density at radius 1 is 0.404 bits per heavy atom. The Hall–Kier alpha value is -2.56. The molecule has 18 atom stereocenters. The van der Waals surface area contributed by atoms with E-state index in [1.807, 2.05) is 0 Å². The van der Waals surface area contributed by atoms with Gasteiger partial charge in [0.15, 0.2) is 18.7 Å². The van der Waals surface area contributed by atoms with E-state index in [1.54, 1.807) is 0 Å². The van der Waals surface area contributed by atoms with Crippen molar-refractivity contribution in [3.63, 3.8) is 0 Å². The fourth-order valence-corrected chi connectivity index (χ4v) is 12.7. The number of phosphoric acid groups is 1. The number of allylic oxidation sites excluding steroid dienone is 4. The lowest BCUT2D eigenvalue weighted by Crippen LogP contribution is -2.69. The van der Waals surface area contributed by atoms with Gasteiger partial charge in [0.25, 0.3) is 0 Å². The minimum Gasteiger partial charge on any atom is -0.463 e. The number of aliphatic hydroxyl groups excluding tert-OH is 10. The van der Waals surface area contributed by atoms with E-state index in [0.29, 0.717) is 19.3 Å². The van der Waals surface area contributed by atoms with Gasteiger partial charge in [0.1, 0.15) is 98.7 Å². The van der Waals surface area contributed by atoms with Gasteiger partial charge in [-0.25, -0.2) is 4.57 Å². The van der Waals surface area contributed by atoms with Crippen molar-refractivity contribution in [3.8, 4) is 0 Å². The maximum Gasteiger partial charge on any atom is 0.472 e. The largest absolute Gasteiger partial charge is 0.472 e. The number of unbranched alkanes of at least 4 members (excludes halogenated alkanes) is 30. The van der Waals surface area contributed by atoms with Crippen molar-refractivity contribution < 1.29 is 117 Å². The summed E-state index contributed by atoms with van der Waals surface area (Å²) in [4.78, 5) is 50.8. The van der Waals surface area contributed by atoms with Crippen molar-refractivity contribution in [2.45, 2.75) is 369 Å². The number of esters is 3. The Morgan fingerprint density at radius 2 is 0.745 bits per heavy atom. The van der Waals surface area contributed by atoms with Gasteiger partial charge in [-0.15, -0.1) is 0 Å². The Morgan fingerprint density at radius 3 is 1.17 bits per heavy atom. The Kier molecular flexibility index (Phi) is 47.0. The molecule has 1 aliphatic carbocycles. The first kappa shape index (κ1) is 85.7. The fourth-order valence-electron chi connectivity index (χ4n) is 11.7. The van der Waals surface area contributed by atoms with Gasteiger partial charge in [0.2, 0.25) is 0 Å². The standard InChI is InChI=1S/C69H125O24P/c1-4-7-10-13-16-19-22-24-25-27-30-33-36-39-42-45-55(73)88-50(47-85-53(71)43-40-37-34-32-29-26-23-20-17-14-11-8-5-2)48-87-94(83,84)93-67-65(91-68-63(81)58(76)56(74)51(46-70)89-68)61(79)60(78)62(80)66(67)92-69-64(82)59(77)57(75)52(90-69)49-86-54(72)44-41-38-35-31-28-21-18-15-12-9-6-3/h19,22,26,29,50-52,56-70,74-82H,4-18,20-21,23-25,27-28,30-49H2,1-3H3,(H,83,84)/b22-19-,29-26-. The fraction of sp³-hybridized carbons (Fsp3) is 0.899. The van der Waals surface area contributed by atoms with Gasteiger partial charge in [0.05, 0.1) is 13.2 Å². The van der Waals surface area contributed by atoms with Gasteiger partial charge < -0.3 is 89.1 Å². The lowest BCUT2D eigenvalue weighted by atomic mass is 9.84. The molecule has 0 amide bonds. The second-order valence-electron chi connectivity index (χ2n) is 25.9. The maximum atomic E-state index is 14.3. The quantitative estimate of drug-likeness (QED) is 0.00889. The lowest BCUT2D eigenvalue weighted by Gasteiger charge is -2.49. The molecule has 18 unspecified atom stereocenters. The average Bonchev–Trinajstić information content (AvgIpc) is 0.773. The van der Waals surface area contributed by atoms with Crippen LogP contribution in [-0.4, -0.2) is 204 Å². The summed E-state index contributed by atoms with van der Waals surface area (Å²) in [6.45, 7) is 3.37. The first-order chi connectivity index (χ1) is 45.3. The van der Waals surface area contributed by atoms with Gasteiger partial charge >= 0.3 is 25.7 Å². The molecule has 550 valence electrons. The zero-order valence-electron chi connectivity index (χ0n) is 57.0. The van der Waals surface area contributed by atoms with Gasteiger partial charge in [-0.2, -0.15) is 0 Å². The molecule has 2 aliphatic heterocycles. The van der Waals surface area contributed by atoms with E-state index in [1.165, 1.54) is 89.9 Å². The molecular weight excluding hydrogens is 1240 g/mol. The third kappa shape index (κ3) is 35.0. The number of rotatable bonds is 55. The van der Waals surface area contributed by atoms with Crippen molar-refractivity contribution in [2.75, 3.05) is 26.4 Å². The third-order valence-corrected chi connectivity index (χ3v) is 18.7. The second kappa shape index (κ2) is 51.6. The van der Waals surface area contributed by atoms with Gasteiger partial charge in [-0.05, 0) is 70.6 Å². The molecule has 0 spiro atoms. The Labute approximate surface area is 560 Å². The van der Waals surface area contributed by atoms with Crippen LogP contribution in [0.25, 0.3) is 0 Å². The summed E-state index contributed by atoms with van der Waals surface area (Å²) in [7, 11) is -5.70. The smallest absolute Gasteiger partial charge is 0.463 e. The van der Waals surface area contributed by atoms with E-state index < -0.39 is 156 Å². The van der Waals surface area contributed by atoms with Crippen LogP contribution in [0.2, 0.25) is 0 Å². The van der Waals surface area contributed by atoms with Crippen LogP contribution in [0.3, 0.4) is 0 Å². The van der Waals surface area contributed by atoms with Crippen molar-refractivity contribution in [1.29, 1.82) is 0 Å². The molecule has 0 radical (unpaired) electrons. The second-order valence-corrected chi connectivity index (χ2v) is 27.4. The van der Waals surface area contributed by atoms with Crippen LogP contribution in [0.5, 0.6) is 0 Å². The van der Waals surface area contributed by atoms with E-state index in [4.69, 9.17) is 42.2 Å². The zero-order chi connectivity index (χ0) is 68.9. The van der Waals surface area contributed by atoms with Crippen molar-refractivity contribution in [1.82, 2.24) is 0 Å². The molecule has 2 heterocycles. The topological polar surface area (TPSA) is 374 Å². The molecule has 3 fully saturated rings. The predicted octanol–water partition coefficient (Wildman–Crippen LogP) is 8.96. The van der Waals surface area contributed by atoms with Crippen LogP contribution in [0.1, 0.15) is 265 Å². The molecule has 3 rings (SSSR count). The highest BCUT2D eigenvalue weighted by Gasteiger charge is 2.58. The van der Waals surface area contributed by atoms with E-state index in [9.17, 15) is 74.9 Å². The summed E-state index contributed by atoms with van der Waals surface area (Å²) < 4.78 is 64.8. The highest BCUT2D eigenvalue weighted by atomic mass is 31.2. The summed E-state index contributed by atoms with van der Waals surface area (Å²) in [6, 6.07) is 0. The number of phosphoric ester groups is 1. The molecule has 1 saturated carbocycles. The number of hydrogen-bond acceptors (Lipinski definition) is 23. The first-order valence-corrected chi connectivity index (χ1v) is 37.6. The minimum atomic E-state index is -5.70. The summed E-state index contributed by atoms with van der Waals surface area (Å²) in [6.07, 6.45) is 9.86. The van der Waals surface area contributed by atoms with E-state index in [2.05, 4.69) is 45.1 Å². The summed E-state index contributed by atoms with van der Waals surface area (Å²) in [5.74, 6) is -2.01. The van der Waals surface area contributed by atoms with Crippen molar-refractivity contribution >= 4 is 25.7 Å². The molecule has 11 N–H and O–H groups in total.